The van der Waals surface area contributed by atoms with Gasteiger partial charge in [-0.2, -0.15) is 0 Å². The van der Waals surface area contributed by atoms with Crippen LogP contribution in [0.2, 0.25) is 0 Å². The zero-order chi connectivity index (χ0) is 23.9. The number of hydrogen-bond donors (Lipinski definition) is 1. The highest BCUT2D eigenvalue weighted by molar-refractivity contribution is 7.85. The Labute approximate surface area is 195 Å². The van der Waals surface area contributed by atoms with Gasteiger partial charge in [-0.3, -0.25) is 18.7 Å². The summed E-state index contributed by atoms with van der Waals surface area (Å²) in [5.41, 5.74) is -1.19. The van der Waals surface area contributed by atoms with Crippen LogP contribution in [0, 0.1) is 0 Å². The lowest BCUT2D eigenvalue weighted by Gasteiger charge is -2.31. The lowest BCUT2D eigenvalue weighted by molar-refractivity contribution is 0.190. The summed E-state index contributed by atoms with van der Waals surface area (Å²) in [5, 5.41) is 3.08. The molecule has 0 bridgehead atoms. The van der Waals surface area contributed by atoms with Crippen molar-refractivity contribution < 1.29 is 31.4 Å². The molecule has 0 saturated carbocycles. The Morgan fingerprint density at radius 2 is 1.25 bits per heavy atom. The topological polar surface area (TPSA) is 100 Å². The average molecular weight is 512 g/mol. The Morgan fingerprint density at radius 3 is 1.72 bits per heavy atom. The minimum absolute atomic E-state index is 0.145. The Morgan fingerprint density at radius 1 is 0.781 bits per heavy atom. The average Bonchev–Trinajstić information content (AvgIpc) is 2.76. The molecule has 0 radical (unpaired) electrons. The van der Waals surface area contributed by atoms with E-state index in [-0.39, 0.29) is 26.4 Å². The van der Waals surface area contributed by atoms with Crippen LogP contribution >= 0.6 is 15.2 Å². The van der Waals surface area contributed by atoms with Gasteiger partial charge in [0.1, 0.15) is 0 Å². The third-order valence-electron chi connectivity index (χ3n) is 4.42. The molecule has 0 amide bonds. The van der Waals surface area contributed by atoms with E-state index in [9.17, 15) is 13.3 Å². The van der Waals surface area contributed by atoms with E-state index in [1.54, 1.807) is 27.7 Å². The maximum absolute atomic E-state index is 13.4. The molecule has 0 saturated heterocycles. The summed E-state index contributed by atoms with van der Waals surface area (Å²) in [4.78, 5) is 0.849. The third kappa shape index (κ3) is 9.86. The normalized spacial score (nSPS) is 13.5. The monoisotopic (exact) mass is 511 g/mol. The Hall–Kier alpha value is -0.370. The first-order chi connectivity index (χ1) is 15.4. The fraction of sp³-hybridized carbons (Fsp3) is 0.714. The molecule has 11 heteroatoms. The van der Waals surface area contributed by atoms with Crippen molar-refractivity contribution in [2.75, 3.05) is 38.7 Å². The molecule has 8 nitrogen and oxygen atoms in total. The van der Waals surface area contributed by atoms with E-state index < -0.39 is 31.5 Å². The van der Waals surface area contributed by atoms with Crippen LogP contribution in [0.3, 0.4) is 0 Å². The van der Waals surface area contributed by atoms with Crippen molar-refractivity contribution in [2.24, 2.45) is 0 Å². The largest absolute Gasteiger partial charge is 0.359 e. The lowest BCUT2D eigenvalue weighted by atomic mass is 10.2. The summed E-state index contributed by atoms with van der Waals surface area (Å²) in [7, 11) is -8.55. The van der Waals surface area contributed by atoms with Crippen molar-refractivity contribution in [3.05, 3.63) is 30.3 Å². The van der Waals surface area contributed by atoms with E-state index in [0.717, 1.165) is 30.6 Å². The number of unbranched alkanes of at least 4 members (excludes halogenated alkanes) is 3. The van der Waals surface area contributed by atoms with Gasteiger partial charge in [0.2, 0.25) is 5.52 Å². The fourth-order valence-corrected chi connectivity index (χ4v) is 9.31. The van der Waals surface area contributed by atoms with Crippen molar-refractivity contribution in [1.82, 2.24) is 5.32 Å². The molecule has 1 aromatic rings. The van der Waals surface area contributed by atoms with E-state index in [2.05, 4.69) is 5.32 Å². The fourth-order valence-electron chi connectivity index (χ4n) is 3.11. The van der Waals surface area contributed by atoms with Crippen molar-refractivity contribution >= 4 is 26.0 Å². The first kappa shape index (κ1) is 29.7. The summed E-state index contributed by atoms with van der Waals surface area (Å²) in [6.45, 7) is 7.84. The molecule has 1 unspecified atom stereocenters. The van der Waals surface area contributed by atoms with Crippen molar-refractivity contribution in [3.63, 3.8) is 0 Å². The molecule has 0 aromatic heterocycles. The quantitative estimate of drug-likeness (QED) is 0.185. The van der Waals surface area contributed by atoms with E-state index in [4.69, 9.17) is 18.1 Å². The molecule has 0 aliphatic heterocycles. The maximum atomic E-state index is 13.4. The molecular weight excluding hydrogens is 472 g/mol. The van der Waals surface area contributed by atoms with Gasteiger partial charge in [-0.25, -0.2) is 0 Å². The Kier molecular flexibility index (Phi) is 15.1. The maximum Gasteiger partial charge on any atom is 0.359 e. The summed E-state index contributed by atoms with van der Waals surface area (Å²) in [5.74, 6) is 0.619. The van der Waals surface area contributed by atoms with E-state index in [1.165, 1.54) is 0 Å². The predicted molar refractivity (Wildman–Crippen MR) is 130 cm³/mol. The summed E-state index contributed by atoms with van der Waals surface area (Å²) in [6.07, 6.45) is 3.39. The molecule has 0 aliphatic rings. The molecule has 0 spiro atoms. The second-order valence-electron chi connectivity index (χ2n) is 6.86. The van der Waals surface area contributed by atoms with Gasteiger partial charge in [-0.05, 0) is 59.2 Å². The van der Waals surface area contributed by atoms with Crippen LogP contribution in [0.1, 0.15) is 53.4 Å². The van der Waals surface area contributed by atoms with E-state index >= 15 is 0 Å². The number of nitrogens with one attached hydrogen (secondary N) is 1. The smallest absolute Gasteiger partial charge is 0.307 e. The third-order valence-corrected chi connectivity index (χ3v) is 11.6. The highest BCUT2D eigenvalue weighted by Gasteiger charge is 2.50. The summed E-state index contributed by atoms with van der Waals surface area (Å²) >= 11 is 0. The molecule has 0 aliphatic carbocycles. The standard InChI is InChI=1S/C21H39NO7P2S/c1-5-26-30(23,27-6-2)21(31(24,28-7-3)29-8-4)22-18-14-9-10-15-19-32(25)20-16-12-11-13-17-20/h11-13,16-17,21-22H,5-10,14-15,18-19H2,1-4H3. The minimum atomic E-state index is -3.78. The number of benzene rings is 1. The summed E-state index contributed by atoms with van der Waals surface area (Å²) in [6, 6.07) is 9.45. The van der Waals surface area contributed by atoms with Gasteiger partial charge >= 0.3 is 15.2 Å². The van der Waals surface area contributed by atoms with Crippen LogP contribution in [-0.4, -0.2) is 48.5 Å². The van der Waals surface area contributed by atoms with Gasteiger partial charge in [0, 0.05) is 10.6 Å². The molecule has 0 fully saturated rings. The lowest BCUT2D eigenvalue weighted by Crippen LogP contribution is -2.33. The molecule has 1 aromatic carbocycles. The van der Waals surface area contributed by atoms with Crippen LogP contribution < -0.4 is 5.32 Å². The van der Waals surface area contributed by atoms with Gasteiger partial charge in [0.25, 0.3) is 0 Å². The zero-order valence-electron chi connectivity index (χ0n) is 19.7. The van der Waals surface area contributed by atoms with Gasteiger partial charge in [0.05, 0.1) is 37.2 Å². The SMILES string of the molecule is CCOP(=O)(OCC)C(NCCCCCCS(=O)c1ccccc1)P(=O)(OCC)OCC. The Balaban J connectivity index is 2.63. The molecular formula is C21H39NO7P2S. The van der Waals surface area contributed by atoms with Gasteiger partial charge in [-0.15, -0.1) is 0 Å². The molecule has 1 atom stereocenters. The molecule has 1 rings (SSSR count). The van der Waals surface area contributed by atoms with Gasteiger partial charge in [-0.1, -0.05) is 31.0 Å². The first-order valence-corrected chi connectivity index (χ1v) is 15.8. The highest BCUT2D eigenvalue weighted by atomic mass is 32.2. The van der Waals surface area contributed by atoms with Crippen LogP contribution in [0.5, 0.6) is 0 Å². The molecule has 0 heterocycles. The van der Waals surface area contributed by atoms with E-state index in [1.807, 2.05) is 30.3 Å². The highest BCUT2D eigenvalue weighted by Crippen LogP contribution is 2.69. The predicted octanol–water partition coefficient (Wildman–Crippen LogP) is 5.76. The Bertz CT molecular complexity index is 701. The van der Waals surface area contributed by atoms with Gasteiger partial charge in [0.15, 0.2) is 0 Å². The number of hydrogen-bond acceptors (Lipinski definition) is 8. The second kappa shape index (κ2) is 16.3. The van der Waals surface area contributed by atoms with Crippen LogP contribution in [0.4, 0.5) is 0 Å². The van der Waals surface area contributed by atoms with Crippen molar-refractivity contribution in [3.8, 4) is 0 Å². The first-order valence-electron chi connectivity index (χ1n) is 11.3. The van der Waals surface area contributed by atoms with Crippen LogP contribution in [-0.2, 0) is 38.0 Å². The van der Waals surface area contributed by atoms with Crippen molar-refractivity contribution in [2.45, 2.75) is 63.8 Å². The molecule has 1 N–H and O–H groups in total. The van der Waals surface area contributed by atoms with Crippen molar-refractivity contribution in [1.29, 1.82) is 0 Å². The van der Waals surface area contributed by atoms with Crippen LogP contribution in [0.15, 0.2) is 35.2 Å². The second-order valence-corrected chi connectivity index (χ2v) is 13.1. The zero-order valence-corrected chi connectivity index (χ0v) is 22.3. The molecule has 32 heavy (non-hydrogen) atoms. The van der Waals surface area contributed by atoms with Crippen LogP contribution in [0.25, 0.3) is 0 Å². The minimum Gasteiger partial charge on any atom is -0.307 e. The van der Waals surface area contributed by atoms with E-state index in [0.29, 0.717) is 12.3 Å². The number of rotatable bonds is 19. The summed E-state index contributed by atoms with van der Waals surface area (Å²) < 4.78 is 60.9. The van der Waals surface area contributed by atoms with Gasteiger partial charge < -0.3 is 18.1 Å². The molecule has 186 valence electrons.